The van der Waals surface area contributed by atoms with Gasteiger partial charge in [-0.3, -0.25) is 0 Å². The Morgan fingerprint density at radius 2 is 2.20 bits per heavy atom. The summed E-state index contributed by atoms with van der Waals surface area (Å²) >= 11 is 3.20. The van der Waals surface area contributed by atoms with Crippen LogP contribution in [0.4, 0.5) is 0 Å². The van der Waals surface area contributed by atoms with Crippen LogP contribution in [-0.2, 0) is 16.6 Å². The Morgan fingerprint density at radius 3 is 2.80 bits per heavy atom. The van der Waals surface area contributed by atoms with Crippen molar-refractivity contribution in [1.29, 1.82) is 0 Å². The van der Waals surface area contributed by atoms with Gasteiger partial charge < -0.3 is 5.32 Å². The van der Waals surface area contributed by atoms with Crippen molar-refractivity contribution in [3.8, 4) is 0 Å². The number of thiophene rings is 1. The summed E-state index contributed by atoms with van der Waals surface area (Å²) in [5, 5.41) is 5.35. The third-order valence-electron chi connectivity index (χ3n) is 3.40. The van der Waals surface area contributed by atoms with Crippen LogP contribution in [0.5, 0.6) is 0 Å². The van der Waals surface area contributed by atoms with Crippen molar-refractivity contribution >= 4 is 33.1 Å². The summed E-state index contributed by atoms with van der Waals surface area (Å²) in [6.07, 6.45) is 4.40. The van der Waals surface area contributed by atoms with Crippen molar-refractivity contribution in [2.45, 2.75) is 37.2 Å². The highest BCUT2D eigenvalue weighted by molar-refractivity contribution is 7.98. The van der Waals surface area contributed by atoms with Crippen molar-refractivity contribution in [2.75, 3.05) is 25.6 Å². The maximum absolute atomic E-state index is 12.7. The number of nitrogens with zero attached hydrogens (tertiary/aromatic N) is 1. The van der Waals surface area contributed by atoms with Crippen LogP contribution in [0.25, 0.3) is 0 Å². The van der Waals surface area contributed by atoms with Crippen molar-refractivity contribution in [3.05, 3.63) is 15.8 Å². The summed E-state index contributed by atoms with van der Waals surface area (Å²) in [4.78, 5) is 1.45. The molecule has 1 fully saturated rings. The van der Waals surface area contributed by atoms with Crippen LogP contribution < -0.4 is 5.32 Å². The van der Waals surface area contributed by atoms with Crippen molar-refractivity contribution in [2.24, 2.45) is 0 Å². The Kier molecular flexibility index (Phi) is 5.53. The topological polar surface area (TPSA) is 49.4 Å². The van der Waals surface area contributed by atoms with Crippen molar-refractivity contribution in [1.82, 2.24) is 9.62 Å². The number of thioether (sulfide) groups is 1. The normalized spacial score (nSPS) is 16.0. The van der Waals surface area contributed by atoms with E-state index in [0.29, 0.717) is 24.0 Å². The lowest BCUT2D eigenvalue weighted by molar-refractivity contribution is 0.487. The van der Waals surface area contributed by atoms with Crippen LogP contribution in [0, 0.1) is 6.92 Å². The van der Waals surface area contributed by atoms with Gasteiger partial charge in [-0.25, -0.2) is 12.7 Å². The maximum Gasteiger partial charge on any atom is 0.244 e. The number of rotatable bonds is 8. The quantitative estimate of drug-likeness (QED) is 0.792. The van der Waals surface area contributed by atoms with E-state index in [1.807, 2.05) is 18.6 Å². The van der Waals surface area contributed by atoms with Gasteiger partial charge in [-0.1, -0.05) is 0 Å². The fraction of sp³-hybridized carbons (Fsp3) is 0.692. The molecule has 1 aromatic heterocycles. The van der Waals surface area contributed by atoms with Crippen LogP contribution in [-0.4, -0.2) is 44.4 Å². The Labute approximate surface area is 130 Å². The van der Waals surface area contributed by atoms with Gasteiger partial charge in [0, 0.05) is 36.8 Å². The Balaban J connectivity index is 2.18. The van der Waals surface area contributed by atoms with E-state index < -0.39 is 10.0 Å². The molecule has 4 nitrogen and oxygen atoms in total. The molecule has 20 heavy (non-hydrogen) atoms. The molecule has 1 aromatic rings. The molecule has 2 rings (SSSR count). The van der Waals surface area contributed by atoms with E-state index in [0.717, 1.165) is 16.2 Å². The molecule has 1 heterocycles. The van der Waals surface area contributed by atoms with Crippen LogP contribution in [0.1, 0.15) is 23.3 Å². The molecule has 114 valence electrons. The van der Waals surface area contributed by atoms with Gasteiger partial charge in [0.25, 0.3) is 0 Å². The molecule has 0 amide bonds. The zero-order chi connectivity index (χ0) is 14.8. The van der Waals surface area contributed by atoms with Crippen molar-refractivity contribution < 1.29 is 8.42 Å². The second-order valence-electron chi connectivity index (χ2n) is 5.15. The molecule has 0 atom stereocenters. The molecule has 1 N–H and O–H groups in total. The monoisotopic (exact) mass is 334 g/mol. The second-order valence-corrected chi connectivity index (χ2v) is 9.08. The lowest BCUT2D eigenvalue weighted by Crippen LogP contribution is -2.30. The Bertz CT molecular complexity index is 550. The molecule has 1 aliphatic carbocycles. The first-order valence-electron chi connectivity index (χ1n) is 6.72. The van der Waals surface area contributed by atoms with Gasteiger partial charge in [0.2, 0.25) is 10.0 Å². The van der Waals surface area contributed by atoms with Gasteiger partial charge >= 0.3 is 0 Å². The zero-order valence-corrected chi connectivity index (χ0v) is 14.6. The van der Waals surface area contributed by atoms with Gasteiger partial charge in [0.05, 0.1) is 0 Å². The Morgan fingerprint density at radius 1 is 1.50 bits per heavy atom. The van der Waals surface area contributed by atoms with E-state index in [9.17, 15) is 8.42 Å². The van der Waals surface area contributed by atoms with E-state index in [2.05, 4.69) is 5.32 Å². The van der Waals surface area contributed by atoms with E-state index >= 15 is 0 Å². The fourth-order valence-electron chi connectivity index (χ4n) is 1.98. The number of aryl methyl sites for hydroxylation is 1. The zero-order valence-electron chi connectivity index (χ0n) is 12.2. The molecule has 0 aliphatic heterocycles. The van der Waals surface area contributed by atoms with Crippen molar-refractivity contribution in [3.63, 3.8) is 0 Å². The maximum atomic E-state index is 12.7. The van der Waals surface area contributed by atoms with Gasteiger partial charge in [-0.05, 0) is 37.0 Å². The molecular weight excluding hydrogens is 312 g/mol. The molecule has 7 heteroatoms. The summed E-state index contributed by atoms with van der Waals surface area (Å²) in [5.41, 5.74) is 0.860. The van der Waals surface area contributed by atoms with Gasteiger partial charge in [0.1, 0.15) is 4.90 Å². The highest BCUT2D eigenvalue weighted by Gasteiger charge is 2.28. The summed E-state index contributed by atoms with van der Waals surface area (Å²) in [7, 11) is -1.70. The predicted molar refractivity (Wildman–Crippen MR) is 87.1 cm³/mol. The molecule has 1 aliphatic rings. The SMILES string of the molecule is CSCCN(C)S(=O)(=O)c1c(C)csc1CNC1CC1. The average Bonchev–Trinajstić information content (AvgIpc) is 3.16. The molecule has 0 spiro atoms. The van der Waals surface area contributed by atoms with Crippen LogP contribution >= 0.6 is 23.1 Å². The third-order valence-corrected chi connectivity index (χ3v) is 7.31. The first-order chi connectivity index (χ1) is 9.46. The summed E-state index contributed by atoms with van der Waals surface area (Å²) in [5.74, 6) is 0.814. The van der Waals surface area contributed by atoms with Crippen LogP contribution in [0.2, 0.25) is 0 Å². The molecule has 1 saturated carbocycles. The standard InChI is InChI=1S/C13H22N2O2S3/c1-10-9-19-12(8-14-11-4-5-11)13(10)20(16,17)15(2)6-7-18-3/h9,11,14H,4-8H2,1-3H3. The van der Waals surface area contributed by atoms with E-state index in [-0.39, 0.29) is 0 Å². The summed E-state index contributed by atoms with van der Waals surface area (Å²) < 4.78 is 26.9. The lowest BCUT2D eigenvalue weighted by atomic mass is 10.3. The molecule has 0 radical (unpaired) electrons. The first-order valence-corrected chi connectivity index (χ1v) is 10.4. The average molecular weight is 335 g/mol. The smallest absolute Gasteiger partial charge is 0.244 e. The summed E-state index contributed by atoms with van der Waals surface area (Å²) in [6, 6.07) is 0.585. The highest BCUT2D eigenvalue weighted by Crippen LogP contribution is 2.30. The van der Waals surface area contributed by atoms with Gasteiger partial charge in [0.15, 0.2) is 0 Å². The number of hydrogen-bond acceptors (Lipinski definition) is 5. The molecule has 0 saturated heterocycles. The molecular formula is C13H22N2O2S3. The molecule has 0 aromatic carbocycles. The Hall–Kier alpha value is -0.0800. The van der Waals surface area contributed by atoms with E-state index in [1.54, 1.807) is 30.1 Å². The number of hydrogen-bond donors (Lipinski definition) is 1. The number of sulfonamides is 1. The molecule has 0 bridgehead atoms. The fourth-order valence-corrected chi connectivity index (χ4v) is 5.42. The lowest BCUT2D eigenvalue weighted by Gasteiger charge is -2.18. The summed E-state index contributed by atoms with van der Waals surface area (Å²) in [6.45, 7) is 3.09. The second kappa shape index (κ2) is 6.79. The van der Waals surface area contributed by atoms with Gasteiger partial charge in [-0.2, -0.15) is 11.8 Å². The highest BCUT2D eigenvalue weighted by atomic mass is 32.2. The number of nitrogens with one attached hydrogen (secondary N) is 1. The van der Waals surface area contributed by atoms with E-state index in [4.69, 9.17) is 0 Å². The van der Waals surface area contributed by atoms with Crippen LogP contribution in [0.3, 0.4) is 0 Å². The predicted octanol–water partition coefficient (Wildman–Crippen LogP) is 2.29. The molecule has 0 unspecified atom stereocenters. The van der Waals surface area contributed by atoms with E-state index in [1.165, 1.54) is 17.1 Å². The largest absolute Gasteiger partial charge is 0.309 e. The van der Waals surface area contributed by atoms with Gasteiger partial charge in [-0.15, -0.1) is 11.3 Å². The minimum absolute atomic E-state index is 0.513. The first kappa shape index (κ1) is 16.3. The van der Waals surface area contributed by atoms with Crippen LogP contribution in [0.15, 0.2) is 10.3 Å². The third kappa shape index (κ3) is 3.76. The minimum Gasteiger partial charge on any atom is -0.309 e. The minimum atomic E-state index is -3.37.